The first-order chi connectivity index (χ1) is 9.81. The fourth-order valence-electron chi connectivity index (χ4n) is 4.08. The summed E-state index contributed by atoms with van der Waals surface area (Å²) >= 11 is 0. The zero-order valence-corrected chi connectivity index (χ0v) is 12.6. The summed E-state index contributed by atoms with van der Waals surface area (Å²) in [5.41, 5.74) is 9.68. The molecule has 0 saturated heterocycles. The Bertz CT molecular complexity index is 408. The summed E-state index contributed by atoms with van der Waals surface area (Å²) in [6, 6.07) is 8.96. The van der Waals surface area contributed by atoms with Crippen molar-refractivity contribution < 1.29 is 0 Å². The van der Waals surface area contributed by atoms with E-state index in [1.165, 1.54) is 64.6 Å². The molecular formula is C18H28N2. The molecule has 0 bridgehead atoms. The second-order valence-electron chi connectivity index (χ2n) is 6.81. The van der Waals surface area contributed by atoms with Gasteiger partial charge in [0.1, 0.15) is 0 Å². The molecule has 110 valence electrons. The normalized spacial score (nSPS) is 23.1. The van der Waals surface area contributed by atoms with E-state index in [0.29, 0.717) is 5.41 Å². The van der Waals surface area contributed by atoms with Crippen molar-refractivity contribution >= 4 is 0 Å². The Morgan fingerprint density at radius 2 is 1.55 bits per heavy atom. The largest absolute Gasteiger partial charge is 0.330 e. The van der Waals surface area contributed by atoms with Gasteiger partial charge in [-0.2, -0.15) is 0 Å². The van der Waals surface area contributed by atoms with Crippen LogP contribution in [0, 0.1) is 5.41 Å². The number of rotatable bonds is 3. The van der Waals surface area contributed by atoms with Crippen LogP contribution in [0.4, 0.5) is 0 Å². The highest BCUT2D eigenvalue weighted by molar-refractivity contribution is 5.28. The molecule has 2 heteroatoms. The zero-order valence-electron chi connectivity index (χ0n) is 12.6. The number of benzene rings is 1. The highest BCUT2D eigenvalue weighted by Crippen LogP contribution is 2.36. The van der Waals surface area contributed by atoms with E-state index in [2.05, 4.69) is 29.2 Å². The number of hydrogen-bond donors (Lipinski definition) is 1. The first-order valence-corrected chi connectivity index (χ1v) is 8.31. The third kappa shape index (κ3) is 3.07. The van der Waals surface area contributed by atoms with E-state index in [9.17, 15) is 0 Å². The van der Waals surface area contributed by atoms with Crippen molar-refractivity contribution in [1.29, 1.82) is 0 Å². The van der Waals surface area contributed by atoms with Gasteiger partial charge in [-0.15, -0.1) is 0 Å². The average Bonchev–Trinajstić information content (AvgIpc) is 2.71. The maximum atomic E-state index is 6.15. The van der Waals surface area contributed by atoms with Gasteiger partial charge in [0.2, 0.25) is 0 Å². The molecule has 0 radical (unpaired) electrons. The molecule has 0 spiro atoms. The molecule has 1 aliphatic heterocycles. The third-order valence-electron chi connectivity index (χ3n) is 5.42. The molecule has 20 heavy (non-hydrogen) atoms. The van der Waals surface area contributed by atoms with Crippen molar-refractivity contribution in [2.45, 2.75) is 44.9 Å². The van der Waals surface area contributed by atoms with E-state index in [1.54, 1.807) is 11.1 Å². The van der Waals surface area contributed by atoms with Crippen LogP contribution in [0.1, 0.15) is 43.2 Å². The molecule has 0 aromatic heterocycles. The average molecular weight is 272 g/mol. The Morgan fingerprint density at radius 1 is 0.950 bits per heavy atom. The van der Waals surface area contributed by atoms with E-state index < -0.39 is 0 Å². The van der Waals surface area contributed by atoms with Crippen LogP contribution in [0.3, 0.4) is 0 Å². The summed E-state index contributed by atoms with van der Waals surface area (Å²) in [4.78, 5) is 2.68. The standard InChI is InChI=1S/C18H28N2/c19-14-18(10-4-1-5-11-18)15-20-12-8-16-6-2-3-7-17(16)9-13-20/h2-3,6-7H,1,4-5,8-15,19H2. The molecule has 0 unspecified atom stereocenters. The van der Waals surface area contributed by atoms with Crippen molar-refractivity contribution in [3.8, 4) is 0 Å². The van der Waals surface area contributed by atoms with Crippen LogP contribution in [-0.4, -0.2) is 31.1 Å². The van der Waals surface area contributed by atoms with Gasteiger partial charge in [0.25, 0.3) is 0 Å². The topological polar surface area (TPSA) is 29.3 Å². The molecule has 0 atom stereocenters. The van der Waals surface area contributed by atoms with Crippen LogP contribution in [0.15, 0.2) is 24.3 Å². The maximum Gasteiger partial charge on any atom is 0.00503 e. The molecule has 2 N–H and O–H groups in total. The summed E-state index contributed by atoms with van der Waals surface area (Å²) in [6.45, 7) is 4.51. The van der Waals surface area contributed by atoms with Gasteiger partial charge in [-0.3, -0.25) is 0 Å². The molecule has 1 aliphatic carbocycles. The highest BCUT2D eigenvalue weighted by Gasteiger charge is 2.32. The predicted molar refractivity (Wildman–Crippen MR) is 84.9 cm³/mol. The fourth-order valence-corrected chi connectivity index (χ4v) is 4.08. The van der Waals surface area contributed by atoms with E-state index in [-0.39, 0.29) is 0 Å². The number of hydrogen-bond acceptors (Lipinski definition) is 2. The number of nitrogens with two attached hydrogens (primary N) is 1. The molecule has 2 nitrogen and oxygen atoms in total. The Balaban J connectivity index is 1.64. The Labute approximate surface area is 123 Å². The maximum absolute atomic E-state index is 6.15. The molecule has 2 aliphatic rings. The number of fused-ring (bicyclic) bond motifs is 1. The van der Waals surface area contributed by atoms with Crippen LogP contribution < -0.4 is 5.73 Å². The van der Waals surface area contributed by atoms with Crippen molar-refractivity contribution in [2.24, 2.45) is 11.1 Å². The molecule has 3 rings (SSSR count). The van der Waals surface area contributed by atoms with Gasteiger partial charge in [0.15, 0.2) is 0 Å². The summed E-state index contributed by atoms with van der Waals surface area (Å²) < 4.78 is 0. The molecule has 0 amide bonds. The van der Waals surface area contributed by atoms with Gasteiger partial charge in [0, 0.05) is 19.6 Å². The summed E-state index contributed by atoms with van der Waals surface area (Å²) in [6.07, 6.45) is 9.26. The van der Waals surface area contributed by atoms with Crippen molar-refractivity contribution in [2.75, 3.05) is 26.2 Å². The lowest BCUT2D eigenvalue weighted by molar-refractivity contribution is 0.114. The van der Waals surface area contributed by atoms with Crippen molar-refractivity contribution in [3.05, 3.63) is 35.4 Å². The molecule has 1 aromatic carbocycles. The molecule has 1 saturated carbocycles. The van der Waals surface area contributed by atoms with Gasteiger partial charge < -0.3 is 10.6 Å². The van der Waals surface area contributed by atoms with Crippen molar-refractivity contribution in [1.82, 2.24) is 4.90 Å². The summed E-state index contributed by atoms with van der Waals surface area (Å²) in [5, 5.41) is 0. The molecule has 1 aromatic rings. The van der Waals surface area contributed by atoms with Gasteiger partial charge in [-0.1, -0.05) is 43.5 Å². The third-order valence-corrected chi connectivity index (χ3v) is 5.42. The minimum absolute atomic E-state index is 0.411. The SMILES string of the molecule is NCC1(CN2CCc3ccccc3CC2)CCCCC1. The Kier molecular flexibility index (Phi) is 4.42. The smallest absolute Gasteiger partial charge is 0.00503 e. The Morgan fingerprint density at radius 3 is 2.10 bits per heavy atom. The quantitative estimate of drug-likeness (QED) is 0.916. The second-order valence-corrected chi connectivity index (χ2v) is 6.81. The molecule has 1 heterocycles. The van der Waals surface area contributed by atoms with E-state index in [1.807, 2.05) is 0 Å². The summed E-state index contributed by atoms with van der Waals surface area (Å²) in [5.74, 6) is 0. The van der Waals surface area contributed by atoms with Crippen molar-refractivity contribution in [3.63, 3.8) is 0 Å². The first kappa shape index (κ1) is 14.1. The molecular weight excluding hydrogens is 244 g/mol. The van der Waals surface area contributed by atoms with Gasteiger partial charge >= 0.3 is 0 Å². The van der Waals surface area contributed by atoms with E-state index in [4.69, 9.17) is 5.73 Å². The van der Waals surface area contributed by atoms with Gasteiger partial charge in [0.05, 0.1) is 0 Å². The van der Waals surface area contributed by atoms with Crippen LogP contribution >= 0.6 is 0 Å². The van der Waals surface area contributed by atoms with Crippen LogP contribution in [0.5, 0.6) is 0 Å². The van der Waals surface area contributed by atoms with E-state index in [0.717, 1.165) is 6.54 Å². The van der Waals surface area contributed by atoms with Crippen LogP contribution in [0.25, 0.3) is 0 Å². The van der Waals surface area contributed by atoms with Crippen LogP contribution in [0.2, 0.25) is 0 Å². The monoisotopic (exact) mass is 272 g/mol. The molecule has 1 fully saturated rings. The second kappa shape index (κ2) is 6.28. The lowest BCUT2D eigenvalue weighted by Gasteiger charge is -2.40. The van der Waals surface area contributed by atoms with E-state index >= 15 is 0 Å². The minimum Gasteiger partial charge on any atom is -0.330 e. The van der Waals surface area contributed by atoms with Gasteiger partial charge in [-0.05, 0) is 48.8 Å². The predicted octanol–water partition coefficient (Wildman–Crippen LogP) is 3.00. The van der Waals surface area contributed by atoms with Crippen LogP contribution in [-0.2, 0) is 12.8 Å². The fraction of sp³-hybridized carbons (Fsp3) is 0.667. The lowest BCUT2D eigenvalue weighted by atomic mass is 9.73. The zero-order chi connectivity index (χ0) is 13.8. The first-order valence-electron chi connectivity index (χ1n) is 8.31. The highest BCUT2D eigenvalue weighted by atomic mass is 15.1. The minimum atomic E-state index is 0.411. The number of nitrogens with zero attached hydrogens (tertiary/aromatic N) is 1. The van der Waals surface area contributed by atoms with Gasteiger partial charge in [-0.25, -0.2) is 0 Å². The Hall–Kier alpha value is -0.860. The lowest BCUT2D eigenvalue weighted by Crippen LogP contribution is -2.44. The summed E-state index contributed by atoms with van der Waals surface area (Å²) in [7, 11) is 0.